The smallest absolute Gasteiger partial charge is 0.258 e. The van der Waals surface area contributed by atoms with Gasteiger partial charge in [-0.3, -0.25) is 4.79 Å². The highest BCUT2D eigenvalue weighted by Gasteiger charge is 2.28. The average molecular weight is 290 g/mol. The topological polar surface area (TPSA) is 59.0 Å². The fourth-order valence-electron chi connectivity index (χ4n) is 2.61. The molecule has 1 amide bonds. The predicted octanol–water partition coefficient (Wildman–Crippen LogP) is 2.73. The summed E-state index contributed by atoms with van der Waals surface area (Å²) < 4.78 is 1.75. The Kier molecular flexibility index (Phi) is 2.89. The molecule has 2 N–H and O–H groups in total. The maximum atomic E-state index is 12.3. The van der Waals surface area contributed by atoms with Crippen molar-refractivity contribution in [1.29, 1.82) is 0 Å². The molecule has 0 bridgehead atoms. The fourth-order valence-corrected chi connectivity index (χ4v) is 2.61. The highest BCUT2D eigenvalue weighted by molar-refractivity contribution is 6.01. The molecular weight excluding hydrogens is 276 g/mol. The first-order chi connectivity index (χ1) is 10.8. The highest BCUT2D eigenvalue weighted by atomic mass is 16.2. The standard InChI is InChI=1S/C17H14N4O/c22-17-14-11-18-21(13-9-5-2-6-10-13)16(14)19-15(20-17)12-7-3-1-4-8-12/h1-11,15,19H,(H,20,22). The highest BCUT2D eigenvalue weighted by Crippen LogP contribution is 2.28. The number of fused-ring (bicyclic) bond motifs is 1. The van der Waals surface area contributed by atoms with E-state index in [1.165, 1.54) is 0 Å². The van der Waals surface area contributed by atoms with Crippen LogP contribution in [0.4, 0.5) is 5.82 Å². The molecule has 0 radical (unpaired) electrons. The van der Waals surface area contributed by atoms with E-state index < -0.39 is 0 Å². The molecule has 3 aromatic rings. The SMILES string of the molecule is O=C1NC(c2ccccc2)Nc2c1cnn2-c1ccccc1. The lowest BCUT2D eigenvalue weighted by Gasteiger charge is -2.27. The third-order valence-electron chi connectivity index (χ3n) is 3.70. The van der Waals surface area contributed by atoms with Gasteiger partial charge in [-0.1, -0.05) is 48.5 Å². The zero-order valence-electron chi connectivity index (χ0n) is 11.7. The zero-order chi connectivity index (χ0) is 14.9. The van der Waals surface area contributed by atoms with Crippen LogP contribution in [0, 0.1) is 0 Å². The van der Waals surface area contributed by atoms with Crippen molar-refractivity contribution >= 4 is 11.7 Å². The quantitative estimate of drug-likeness (QED) is 0.763. The Labute approximate surface area is 127 Å². The van der Waals surface area contributed by atoms with E-state index >= 15 is 0 Å². The molecule has 22 heavy (non-hydrogen) atoms. The molecule has 2 heterocycles. The molecule has 5 nitrogen and oxygen atoms in total. The van der Waals surface area contributed by atoms with Crippen LogP contribution in [0.3, 0.4) is 0 Å². The monoisotopic (exact) mass is 290 g/mol. The van der Waals surface area contributed by atoms with Crippen molar-refractivity contribution in [3.8, 4) is 5.69 Å². The molecule has 0 spiro atoms. The maximum absolute atomic E-state index is 12.3. The first kappa shape index (κ1) is 12.6. The maximum Gasteiger partial charge on any atom is 0.258 e. The predicted molar refractivity (Wildman–Crippen MR) is 83.8 cm³/mol. The molecule has 5 heteroatoms. The van der Waals surface area contributed by atoms with E-state index in [0.717, 1.165) is 11.3 Å². The number of rotatable bonds is 2. The second kappa shape index (κ2) is 5.04. The molecule has 1 aliphatic heterocycles. The lowest BCUT2D eigenvalue weighted by Crippen LogP contribution is -2.38. The van der Waals surface area contributed by atoms with Crippen LogP contribution in [0.25, 0.3) is 5.69 Å². The molecule has 4 rings (SSSR count). The van der Waals surface area contributed by atoms with Gasteiger partial charge in [0.1, 0.15) is 17.5 Å². The molecule has 0 fully saturated rings. The number of aromatic nitrogens is 2. The Morgan fingerprint density at radius 3 is 2.32 bits per heavy atom. The summed E-state index contributed by atoms with van der Waals surface area (Å²) in [6.45, 7) is 0. The van der Waals surface area contributed by atoms with Crippen LogP contribution in [0.15, 0.2) is 66.9 Å². The lowest BCUT2D eigenvalue weighted by molar-refractivity contribution is 0.0935. The van der Waals surface area contributed by atoms with Crippen LogP contribution in [-0.2, 0) is 0 Å². The van der Waals surface area contributed by atoms with E-state index in [4.69, 9.17) is 0 Å². The molecular formula is C17H14N4O. The number of carbonyl (C=O) groups excluding carboxylic acids is 1. The summed E-state index contributed by atoms with van der Waals surface area (Å²) in [4.78, 5) is 12.3. The van der Waals surface area contributed by atoms with E-state index in [1.807, 2.05) is 60.7 Å². The van der Waals surface area contributed by atoms with Crippen LogP contribution < -0.4 is 10.6 Å². The number of hydrogen-bond acceptors (Lipinski definition) is 3. The van der Waals surface area contributed by atoms with Crippen molar-refractivity contribution in [2.24, 2.45) is 0 Å². The lowest BCUT2D eigenvalue weighted by atomic mass is 10.1. The van der Waals surface area contributed by atoms with Gasteiger partial charge in [-0.2, -0.15) is 5.10 Å². The molecule has 108 valence electrons. The molecule has 1 unspecified atom stereocenters. The largest absolute Gasteiger partial charge is 0.345 e. The molecule has 1 aliphatic rings. The van der Waals surface area contributed by atoms with Crippen LogP contribution in [-0.4, -0.2) is 15.7 Å². The van der Waals surface area contributed by atoms with Gasteiger partial charge in [0.05, 0.1) is 11.9 Å². The number of benzene rings is 2. The fraction of sp³-hybridized carbons (Fsp3) is 0.0588. The molecule has 0 saturated carbocycles. The van der Waals surface area contributed by atoms with Gasteiger partial charge in [0.15, 0.2) is 0 Å². The summed E-state index contributed by atoms with van der Waals surface area (Å²) in [5.74, 6) is 0.591. The molecule has 0 aliphatic carbocycles. The zero-order valence-corrected chi connectivity index (χ0v) is 11.7. The number of hydrogen-bond donors (Lipinski definition) is 2. The van der Waals surface area contributed by atoms with Crippen molar-refractivity contribution < 1.29 is 4.79 Å². The Morgan fingerprint density at radius 2 is 1.59 bits per heavy atom. The second-order valence-electron chi connectivity index (χ2n) is 5.12. The minimum absolute atomic E-state index is 0.121. The van der Waals surface area contributed by atoms with Crippen molar-refractivity contribution in [2.75, 3.05) is 5.32 Å². The number of nitrogens with zero attached hydrogens (tertiary/aromatic N) is 2. The first-order valence-electron chi connectivity index (χ1n) is 7.09. The van der Waals surface area contributed by atoms with Gasteiger partial charge < -0.3 is 10.6 Å². The molecule has 2 aromatic carbocycles. The van der Waals surface area contributed by atoms with Gasteiger partial charge in [0, 0.05) is 0 Å². The summed E-state index contributed by atoms with van der Waals surface area (Å²) in [6, 6.07) is 19.6. The average Bonchev–Trinajstić information content (AvgIpc) is 3.01. The van der Waals surface area contributed by atoms with Crippen LogP contribution in [0.5, 0.6) is 0 Å². The van der Waals surface area contributed by atoms with E-state index in [0.29, 0.717) is 11.4 Å². The van der Waals surface area contributed by atoms with Crippen molar-refractivity contribution in [3.05, 3.63) is 78.0 Å². The number of para-hydroxylation sites is 1. The summed E-state index contributed by atoms with van der Waals surface area (Å²) in [5.41, 5.74) is 2.47. The van der Waals surface area contributed by atoms with Crippen LogP contribution in [0.2, 0.25) is 0 Å². The Balaban J connectivity index is 1.76. The number of anilines is 1. The van der Waals surface area contributed by atoms with E-state index in [-0.39, 0.29) is 12.1 Å². The van der Waals surface area contributed by atoms with Gasteiger partial charge in [-0.05, 0) is 17.7 Å². The summed E-state index contributed by atoms with van der Waals surface area (Å²) in [6.07, 6.45) is 1.33. The molecule has 1 aromatic heterocycles. The minimum atomic E-state index is -0.264. The van der Waals surface area contributed by atoms with E-state index in [2.05, 4.69) is 15.7 Å². The Bertz CT molecular complexity index is 811. The minimum Gasteiger partial charge on any atom is -0.345 e. The molecule has 0 saturated heterocycles. The number of nitrogens with one attached hydrogen (secondary N) is 2. The van der Waals surface area contributed by atoms with Gasteiger partial charge in [0.25, 0.3) is 5.91 Å². The first-order valence-corrected chi connectivity index (χ1v) is 7.09. The van der Waals surface area contributed by atoms with Gasteiger partial charge in [-0.25, -0.2) is 4.68 Å². The van der Waals surface area contributed by atoms with Gasteiger partial charge in [0.2, 0.25) is 0 Å². The number of amides is 1. The third kappa shape index (κ3) is 2.03. The normalized spacial score (nSPS) is 16.5. The summed E-state index contributed by atoms with van der Waals surface area (Å²) in [7, 11) is 0. The summed E-state index contributed by atoms with van der Waals surface area (Å²) in [5, 5.41) is 10.6. The van der Waals surface area contributed by atoms with E-state index in [9.17, 15) is 4.79 Å². The van der Waals surface area contributed by atoms with Crippen molar-refractivity contribution in [1.82, 2.24) is 15.1 Å². The van der Waals surface area contributed by atoms with Crippen LogP contribution in [0.1, 0.15) is 22.1 Å². The second-order valence-corrected chi connectivity index (χ2v) is 5.12. The Hall–Kier alpha value is -3.08. The van der Waals surface area contributed by atoms with Gasteiger partial charge in [-0.15, -0.1) is 0 Å². The Morgan fingerprint density at radius 1 is 0.909 bits per heavy atom. The van der Waals surface area contributed by atoms with E-state index in [1.54, 1.807) is 10.9 Å². The third-order valence-corrected chi connectivity index (χ3v) is 3.70. The van der Waals surface area contributed by atoms with Crippen molar-refractivity contribution in [3.63, 3.8) is 0 Å². The van der Waals surface area contributed by atoms with Crippen LogP contribution >= 0.6 is 0 Å². The number of carbonyl (C=O) groups is 1. The van der Waals surface area contributed by atoms with Gasteiger partial charge >= 0.3 is 0 Å². The summed E-state index contributed by atoms with van der Waals surface area (Å²) >= 11 is 0. The molecule has 1 atom stereocenters. The van der Waals surface area contributed by atoms with Crippen molar-refractivity contribution in [2.45, 2.75) is 6.17 Å².